The van der Waals surface area contributed by atoms with Gasteiger partial charge in [0.1, 0.15) is 0 Å². The third-order valence-corrected chi connectivity index (χ3v) is 4.86. The first-order valence-electron chi connectivity index (χ1n) is 7.53. The molecular formula is C16H28N2O. The third kappa shape index (κ3) is 3.59. The van der Waals surface area contributed by atoms with Crippen molar-refractivity contribution in [1.82, 2.24) is 9.78 Å². The second-order valence-corrected chi connectivity index (χ2v) is 7.19. The first-order chi connectivity index (χ1) is 8.88. The van der Waals surface area contributed by atoms with E-state index in [2.05, 4.69) is 31.9 Å². The van der Waals surface area contributed by atoms with E-state index in [0.717, 1.165) is 25.2 Å². The van der Waals surface area contributed by atoms with Gasteiger partial charge in [-0.05, 0) is 55.4 Å². The second-order valence-electron chi connectivity index (χ2n) is 7.19. The fourth-order valence-corrected chi connectivity index (χ4v) is 3.32. The Bertz CT molecular complexity index is 405. The molecule has 2 rings (SSSR count). The van der Waals surface area contributed by atoms with Crippen molar-refractivity contribution in [3.8, 4) is 0 Å². The number of rotatable bonds is 3. The number of aliphatic hydroxyl groups is 1. The zero-order valence-corrected chi connectivity index (χ0v) is 12.8. The average molecular weight is 264 g/mol. The molecule has 1 aliphatic carbocycles. The fraction of sp³-hybridized carbons (Fsp3) is 0.812. The smallest absolute Gasteiger partial charge is 0.0568 e. The van der Waals surface area contributed by atoms with Gasteiger partial charge < -0.3 is 5.11 Å². The van der Waals surface area contributed by atoms with Gasteiger partial charge in [0, 0.05) is 18.9 Å². The summed E-state index contributed by atoms with van der Waals surface area (Å²) in [5, 5.41) is 14.4. The Kier molecular flexibility index (Phi) is 4.34. The molecule has 108 valence electrons. The number of hydrogen-bond donors (Lipinski definition) is 1. The van der Waals surface area contributed by atoms with Crippen LogP contribution in [0.25, 0.3) is 0 Å². The number of nitrogens with zero attached hydrogens (tertiary/aromatic N) is 2. The van der Waals surface area contributed by atoms with E-state index in [0.29, 0.717) is 11.3 Å². The molecule has 1 fully saturated rings. The molecule has 0 radical (unpaired) electrons. The maximum Gasteiger partial charge on any atom is 0.0568 e. The van der Waals surface area contributed by atoms with E-state index in [-0.39, 0.29) is 6.10 Å². The van der Waals surface area contributed by atoms with Gasteiger partial charge in [0.2, 0.25) is 0 Å². The van der Waals surface area contributed by atoms with Crippen LogP contribution in [0.5, 0.6) is 0 Å². The Morgan fingerprint density at radius 1 is 1.37 bits per heavy atom. The fourth-order valence-electron chi connectivity index (χ4n) is 3.32. The Morgan fingerprint density at radius 2 is 2.11 bits per heavy atom. The standard InChI is InChI=1S/C16H28N2O/c1-16(2,3)13-6-8-15(19)12(11-13)5-7-14-9-10-17-18(14)4/h9-10,12-13,15,19H,5-8,11H2,1-4H3. The summed E-state index contributed by atoms with van der Waals surface area (Å²) in [6.45, 7) is 6.98. The minimum absolute atomic E-state index is 0.105. The van der Waals surface area contributed by atoms with Crippen molar-refractivity contribution in [2.45, 2.75) is 59.0 Å². The van der Waals surface area contributed by atoms with Gasteiger partial charge >= 0.3 is 0 Å². The molecule has 3 unspecified atom stereocenters. The first-order valence-corrected chi connectivity index (χ1v) is 7.53. The molecule has 0 aliphatic heterocycles. The van der Waals surface area contributed by atoms with Gasteiger partial charge in [0.15, 0.2) is 0 Å². The van der Waals surface area contributed by atoms with Crippen LogP contribution in [0, 0.1) is 17.3 Å². The molecular weight excluding hydrogens is 236 g/mol. The minimum Gasteiger partial charge on any atom is -0.393 e. The summed E-state index contributed by atoms with van der Waals surface area (Å²) in [6.07, 6.45) is 7.16. The van der Waals surface area contributed by atoms with Crippen LogP contribution in [-0.2, 0) is 13.5 Å². The van der Waals surface area contributed by atoms with E-state index in [4.69, 9.17) is 0 Å². The molecule has 0 saturated heterocycles. The van der Waals surface area contributed by atoms with E-state index in [1.54, 1.807) is 0 Å². The second kappa shape index (κ2) is 5.66. The van der Waals surface area contributed by atoms with Crippen LogP contribution in [0.3, 0.4) is 0 Å². The molecule has 0 aromatic carbocycles. The molecule has 1 aromatic rings. The van der Waals surface area contributed by atoms with Gasteiger partial charge in [-0.2, -0.15) is 5.10 Å². The van der Waals surface area contributed by atoms with Gasteiger partial charge in [-0.3, -0.25) is 4.68 Å². The maximum absolute atomic E-state index is 10.2. The molecule has 3 atom stereocenters. The molecule has 19 heavy (non-hydrogen) atoms. The van der Waals surface area contributed by atoms with Crippen molar-refractivity contribution < 1.29 is 5.11 Å². The quantitative estimate of drug-likeness (QED) is 0.910. The van der Waals surface area contributed by atoms with Crippen LogP contribution in [0.4, 0.5) is 0 Å². The highest BCUT2D eigenvalue weighted by atomic mass is 16.3. The molecule has 3 nitrogen and oxygen atoms in total. The normalized spacial score (nSPS) is 28.6. The van der Waals surface area contributed by atoms with Crippen molar-refractivity contribution in [3.05, 3.63) is 18.0 Å². The van der Waals surface area contributed by atoms with Gasteiger partial charge in [0.05, 0.1) is 6.10 Å². The lowest BCUT2D eigenvalue weighted by Crippen LogP contribution is -2.35. The lowest BCUT2D eigenvalue weighted by molar-refractivity contribution is 0.0158. The van der Waals surface area contributed by atoms with E-state index in [1.807, 2.05) is 17.9 Å². The topological polar surface area (TPSA) is 38.0 Å². The highest BCUT2D eigenvalue weighted by Gasteiger charge is 2.34. The molecule has 1 N–H and O–H groups in total. The summed E-state index contributed by atoms with van der Waals surface area (Å²) in [4.78, 5) is 0. The van der Waals surface area contributed by atoms with Crippen molar-refractivity contribution >= 4 is 0 Å². The Balaban J connectivity index is 1.93. The van der Waals surface area contributed by atoms with Crippen LogP contribution in [0.15, 0.2) is 12.3 Å². The van der Waals surface area contributed by atoms with Gasteiger partial charge in [-0.25, -0.2) is 0 Å². The summed E-state index contributed by atoms with van der Waals surface area (Å²) >= 11 is 0. The van der Waals surface area contributed by atoms with E-state index >= 15 is 0 Å². The molecule has 1 heterocycles. The molecule has 0 bridgehead atoms. The zero-order valence-electron chi connectivity index (χ0n) is 12.8. The van der Waals surface area contributed by atoms with E-state index in [9.17, 15) is 5.11 Å². The summed E-state index contributed by atoms with van der Waals surface area (Å²) in [7, 11) is 1.99. The van der Waals surface area contributed by atoms with Crippen LogP contribution < -0.4 is 0 Å². The lowest BCUT2D eigenvalue weighted by Gasteiger charge is -2.40. The summed E-state index contributed by atoms with van der Waals surface area (Å²) < 4.78 is 1.94. The van der Waals surface area contributed by atoms with Crippen LogP contribution in [0.1, 0.15) is 52.1 Å². The van der Waals surface area contributed by atoms with Crippen molar-refractivity contribution in [1.29, 1.82) is 0 Å². The van der Waals surface area contributed by atoms with Gasteiger partial charge in [-0.15, -0.1) is 0 Å². The number of aryl methyl sites for hydroxylation is 2. The van der Waals surface area contributed by atoms with Crippen LogP contribution >= 0.6 is 0 Å². The zero-order chi connectivity index (χ0) is 14.0. The molecule has 3 heteroatoms. The Hall–Kier alpha value is -0.830. The van der Waals surface area contributed by atoms with Crippen LogP contribution in [-0.4, -0.2) is 21.0 Å². The number of aromatic nitrogens is 2. The number of aliphatic hydroxyl groups excluding tert-OH is 1. The van der Waals surface area contributed by atoms with E-state index < -0.39 is 0 Å². The van der Waals surface area contributed by atoms with E-state index in [1.165, 1.54) is 18.5 Å². The first kappa shape index (κ1) is 14.6. The lowest BCUT2D eigenvalue weighted by atomic mass is 9.67. The largest absolute Gasteiger partial charge is 0.393 e. The SMILES string of the molecule is Cn1nccc1CCC1CC(C(C)(C)C)CCC1O. The molecule has 1 aliphatic rings. The average Bonchev–Trinajstić information content (AvgIpc) is 2.72. The predicted octanol–water partition coefficient (Wildman–Crippen LogP) is 3.18. The molecule has 0 spiro atoms. The summed E-state index contributed by atoms with van der Waals surface area (Å²) in [6, 6.07) is 2.08. The van der Waals surface area contributed by atoms with Crippen molar-refractivity contribution in [2.24, 2.45) is 24.3 Å². The van der Waals surface area contributed by atoms with Crippen molar-refractivity contribution in [3.63, 3.8) is 0 Å². The monoisotopic (exact) mass is 264 g/mol. The van der Waals surface area contributed by atoms with Crippen molar-refractivity contribution in [2.75, 3.05) is 0 Å². The summed E-state index contributed by atoms with van der Waals surface area (Å²) in [5.74, 6) is 1.19. The molecule has 0 amide bonds. The highest BCUT2D eigenvalue weighted by Crippen LogP contribution is 2.41. The summed E-state index contributed by atoms with van der Waals surface area (Å²) in [5.41, 5.74) is 1.63. The predicted molar refractivity (Wildman–Crippen MR) is 77.8 cm³/mol. The molecule has 1 aromatic heterocycles. The Morgan fingerprint density at radius 3 is 2.68 bits per heavy atom. The highest BCUT2D eigenvalue weighted by molar-refractivity contribution is 5.00. The van der Waals surface area contributed by atoms with Crippen LogP contribution in [0.2, 0.25) is 0 Å². The minimum atomic E-state index is -0.105. The van der Waals surface area contributed by atoms with Gasteiger partial charge in [-0.1, -0.05) is 20.8 Å². The van der Waals surface area contributed by atoms with Gasteiger partial charge in [0.25, 0.3) is 0 Å². The maximum atomic E-state index is 10.2. The third-order valence-electron chi connectivity index (χ3n) is 4.86. The Labute approximate surface area is 117 Å². The molecule has 1 saturated carbocycles. The number of hydrogen-bond acceptors (Lipinski definition) is 2.